The highest BCUT2D eigenvalue weighted by molar-refractivity contribution is 7.71. The molecule has 0 spiro atoms. The van der Waals surface area contributed by atoms with Gasteiger partial charge >= 0.3 is 0 Å². The van der Waals surface area contributed by atoms with E-state index in [1.54, 1.807) is 0 Å². The third kappa shape index (κ3) is 3.85. The monoisotopic (exact) mass is 413 g/mol. The molecule has 0 bridgehead atoms. The van der Waals surface area contributed by atoms with Crippen molar-refractivity contribution in [3.63, 3.8) is 0 Å². The molecule has 5 nitrogen and oxygen atoms in total. The number of aryl methyl sites for hydroxylation is 2. The molecule has 146 valence electrons. The number of hydrogen-bond donors (Lipinski definition) is 0. The minimum atomic E-state index is 0.710. The number of benzene rings is 2. The zero-order chi connectivity index (χ0) is 19.7. The lowest BCUT2D eigenvalue weighted by atomic mass is 10.1. The molecular formula is C21H24ClN5S. The molecular weight excluding hydrogens is 390 g/mol. The van der Waals surface area contributed by atoms with Crippen LogP contribution in [-0.2, 0) is 6.67 Å². The Morgan fingerprint density at radius 1 is 1.00 bits per heavy atom. The summed E-state index contributed by atoms with van der Waals surface area (Å²) in [7, 11) is 0. The van der Waals surface area contributed by atoms with Gasteiger partial charge in [0.2, 0.25) is 4.77 Å². The number of rotatable bonds is 4. The van der Waals surface area contributed by atoms with Gasteiger partial charge in [-0.15, -0.1) is 0 Å². The van der Waals surface area contributed by atoms with Crippen LogP contribution in [0.1, 0.15) is 11.4 Å². The Balaban J connectivity index is 1.46. The second-order valence-electron chi connectivity index (χ2n) is 7.18. The van der Waals surface area contributed by atoms with E-state index in [2.05, 4.69) is 46.1 Å². The van der Waals surface area contributed by atoms with Crippen LogP contribution in [0.15, 0.2) is 48.5 Å². The van der Waals surface area contributed by atoms with E-state index in [9.17, 15) is 0 Å². The number of anilines is 1. The fourth-order valence-electron chi connectivity index (χ4n) is 3.73. The molecule has 0 amide bonds. The van der Waals surface area contributed by atoms with E-state index in [-0.39, 0.29) is 0 Å². The van der Waals surface area contributed by atoms with Crippen molar-refractivity contribution in [3.8, 4) is 5.69 Å². The molecule has 1 fully saturated rings. The van der Waals surface area contributed by atoms with Gasteiger partial charge in [-0.2, -0.15) is 5.10 Å². The first-order chi connectivity index (χ1) is 13.5. The molecule has 0 aliphatic carbocycles. The summed E-state index contributed by atoms with van der Waals surface area (Å²) >= 11 is 11.9. The maximum absolute atomic E-state index is 6.19. The topological polar surface area (TPSA) is 29.2 Å². The smallest absolute Gasteiger partial charge is 0.203 e. The van der Waals surface area contributed by atoms with Gasteiger partial charge in [0.25, 0.3) is 0 Å². The van der Waals surface area contributed by atoms with Gasteiger partial charge < -0.3 is 4.90 Å². The van der Waals surface area contributed by atoms with Crippen LogP contribution >= 0.6 is 23.8 Å². The molecule has 1 aliphatic heterocycles. The van der Waals surface area contributed by atoms with Crippen LogP contribution in [0.25, 0.3) is 5.69 Å². The summed E-state index contributed by atoms with van der Waals surface area (Å²) in [6, 6.07) is 16.3. The van der Waals surface area contributed by atoms with Crippen LogP contribution in [0, 0.1) is 18.6 Å². The molecule has 1 aliphatic rings. The van der Waals surface area contributed by atoms with Crippen molar-refractivity contribution >= 4 is 29.5 Å². The van der Waals surface area contributed by atoms with Crippen molar-refractivity contribution < 1.29 is 0 Å². The lowest BCUT2D eigenvalue weighted by Gasteiger charge is -2.36. The van der Waals surface area contributed by atoms with E-state index in [4.69, 9.17) is 23.8 Å². The van der Waals surface area contributed by atoms with Crippen molar-refractivity contribution in [2.45, 2.75) is 20.5 Å². The summed E-state index contributed by atoms with van der Waals surface area (Å²) in [5.41, 5.74) is 3.54. The van der Waals surface area contributed by atoms with E-state index < -0.39 is 0 Å². The number of para-hydroxylation sites is 1. The highest BCUT2D eigenvalue weighted by Gasteiger charge is 2.20. The zero-order valence-corrected chi connectivity index (χ0v) is 17.7. The molecule has 1 saturated heterocycles. The fraction of sp³-hybridized carbons (Fsp3) is 0.333. The van der Waals surface area contributed by atoms with Crippen LogP contribution in [0.4, 0.5) is 5.69 Å². The molecule has 0 unspecified atom stereocenters. The van der Waals surface area contributed by atoms with Crippen molar-refractivity contribution in [2.24, 2.45) is 0 Å². The molecule has 3 aromatic rings. The van der Waals surface area contributed by atoms with Gasteiger partial charge in [0.15, 0.2) is 0 Å². The highest BCUT2D eigenvalue weighted by Crippen LogP contribution is 2.25. The van der Waals surface area contributed by atoms with Crippen LogP contribution in [0.3, 0.4) is 0 Å². The predicted octanol–water partition coefficient (Wildman–Crippen LogP) is 4.45. The lowest BCUT2D eigenvalue weighted by molar-refractivity contribution is 0.194. The molecule has 0 radical (unpaired) electrons. The third-order valence-corrected chi connectivity index (χ3v) is 5.86. The van der Waals surface area contributed by atoms with Gasteiger partial charge in [-0.05, 0) is 55.9 Å². The fourth-order valence-corrected chi connectivity index (χ4v) is 4.23. The first-order valence-electron chi connectivity index (χ1n) is 9.48. The van der Waals surface area contributed by atoms with Gasteiger partial charge in [0.05, 0.1) is 6.67 Å². The molecule has 2 heterocycles. The molecule has 0 atom stereocenters. The van der Waals surface area contributed by atoms with E-state index >= 15 is 0 Å². The van der Waals surface area contributed by atoms with Crippen molar-refractivity contribution in [3.05, 3.63) is 69.7 Å². The zero-order valence-electron chi connectivity index (χ0n) is 16.2. The van der Waals surface area contributed by atoms with Crippen LogP contribution in [-0.4, -0.2) is 45.4 Å². The summed E-state index contributed by atoms with van der Waals surface area (Å²) in [5, 5.41) is 5.47. The standard InChI is InChI=1S/C21H24ClN5S/c1-16-8-9-18(22)14-20(16)25-12-10-24(11-13-25)15-26-21(28)27(17(2)23-26)19-6-4-3-5-7-19/h3-9,14H,10-13,15H2,1-2H3. The van der Waals surface area contributed by atoms with Gasteiger partial charge in [-0.1, -0.05) is 35.9 Å². The molecule has 4 rings (SSSR count). The Labute approximate surface area is 175 Å². The molecule has 28 heavy (non-hydrogen) atoms. The Kier molecular flexibility index (Phi) is 5.53. The highest BCUT2D eigenvalue weighted by atomic mass is 35.5. The second-order valence-corrected chi connectivity index (χ2v) is 7.98. The summed E-state index contributed by atoms with van der Waals surface area (Å²) in [6.07, 6.45) is 0. The second kappa shape index (κ2) is 8.07. The molecule has 1 aromatic heterocycles. The minimum Gasteiger partial charge on any atom is -0.369 e. The quantitative estimate of drug-likeness (QED) is 0.591. The molecule has 2 aromatic carbocycles. The molecule has 0 N–H and O–H groups in total. The van der Waals surface area contributed by atoms with E-state index in [0.29, 0.717) is 6.67 Å². The SMILES string of the molecule is Cc1ccc(Cl)cc1N1CCN(Cn2nc(C)n(-c3ccccc3)c2=S)CC1. The first-order valence-corrected chi connectivity index (χ1v) is 10.3. The number of aromatic nitrogens is 3. The van der Waals surface area contributed by atoms with Crippen LogP contribution < -0.4 is 4.90 Å². The average molecular weight is 414 g/mol. The van der Waals surface area contributed by atoms with Crippen LogP contribution in [0.5, 0.6) is 0 Å². The number of piperazine rings is 1. The predicted molar refractivity (Wildman–Crippen MR) is 117 cm³/mol. The summed E-state index contributed by atoms with van der Waals surface area (Å²) in [5.74, 6) is 0.907. The first kappa shape index (κ1) is 19.2. The summed E-state index contributed by atoms with van der Waals surface area (Å²) in [6.45, 7) is 8.70. The maximum Gasteiger partial charge on any atom is 0.203 e. The van der Waals surface area contributed by atoms with E-state index in [1.165, 1.54) is 11.3 Å². The van der Waals surface area contributed by atoms with Gasteiger partial charge in [0.1, 0.15) is 5.82 Å². The Bertz CT molecular complexity index is 1020. The van der Waals surface area contributed by atoms with Gasteiger partial charge in [0, 0.05) is 42.6 Å². The summed E-state index contributed by atoms with van der Waals surface area (Å²) in [4.78, 5) is 4.80. The maximum atomic E-state index is 6.19. The Hall–Kier alpha value is -2.15. The average Bonchev–Trinajstić information content (AvgIpc) is 2.98. The Morgan fingerprint density at radius 3 is 2.43 bits per heavy atom. The molecule has 0 saturated carbocycles. The Morgan fingerprint density at radius 2 is 1.71 bits per heavy atom. The minimum absolute atomic E-state index is 0.710. The number of hydrogen-bond acceptors (Lipinski definition) is 4. The lowest BCUT2D eigenvalue weighted by Crippen LogP contribution is -2.47. The van der Waals surface area contributed by atoms with Crippen molar-refractivity contribution in [1.82, 2.24) is 19.2 Å². The normalized spacial score (nSPS) is 15.2. The third-order valence-electron chi connectivity index (χ3n) is 5.23. The van der Waals surface area contributed by atoms with Gasteiger partial charge in [-0.25, -0.2) is 4.68 Å². The number of halogens is 1. The van der Waals surface area contributed by atoms with Crippen LogP contribution in [0.2, 0.25) is 5.02 Å². The van der Waals surface area contributed by atoms with E-state index in [1.807, 2.05) is 40.4 Å². The van der Waals surface area contributed by atoms with Gasteiger partial charge in [-0.3, -0.25) is 9.47 Å². The molecule has 7 heteroatoms. The van der Waals surface area contributed by atoms with Crippen molar-refractivity contribution in [2.75, 3.05) is 31.1 Å². The largest absolute Gasteiger partial charge is 0.369 e. The van der Waals surface area contributed by atoms with E-state index in [0.717, 1.165) is 47.5 Å². The summed E-state index contributed by atoms with van der Waals surface area (Å²) < 4.78 is 4.69. The number of nitrogens with zero attached hydrogens (tertiary/aromatic N) is 5. The van der Waals surface area contributed by atoms with Crippen molar-refractivity contribution in [1.29, 1.82) is 0 Å².